The number of thiazole rings is 1. The number of allylic oxidation sites excluding steroid dienone is 1. The molecular formula is C20H13FN2O3S. The van der Waals surface area contributed by atoms with Gasteiger partial charge in [0.1, 0.15) is 17.0 Å². The second kappa shape index (κ2) is 6.77. The van der Waals surface area contributed by atoms with Crippen molar-refractivity contribution >= 4 is 38.4 Å². The molecule has 0 aliphatic rings. The maximum absolute atomic E-state index is 13.5. The summed E-state index contributed by atoms with van der Waals surface area (Å²) in [7, 11) is 0. The lowest BCUT2D eigenvalue weighted by molar-refractivity contribution is 0.0994. The Morgan fingerprint density at radius 3 is 2.89 bits per heavy atom. The van der Waals surface area contributed by atoms with Crippen LogP contribution in [0.3, 0.4) is 0 Å². The third kappa shape index (κ3) is 3.13. The smallest absolute Gasteiger partial charge is 0.349 e. The highest BCUT2D eigenvalue weighted by Gasteiger charge is 2.14. The molecule has 0 atom stereocenters. The predicted octanol–water partition coefficient (Wildman–Crippen LogP) is 3.88. The number of carbonyl (C=O) groups excluding carboxylic acids is 1. The maximum Gasteiger partial charge on any atom is 0.349 e. The van der Waals surface area contributed by atoms with E-state index in [9.17, 15) is 14.0 Å². The molecule has 0 saturated heterocycles. The van der Waals surface area contributed by atoms with Gasteiger partial charge >= 0.3 is 5.63 Å². The number of aromatic nitrogens is 1. The van der Waals surface area contributed by atoms with E-state index < -0.39 is 11.5 Å². The van der Waals surface area contributed by atoms with Crippen LogP contribution in [0.25, 0.3) is 21.2 Å². The first kappa shape index (κ1) is 17.1. The first-order valence-corrected chi connectivity index (χ1v) is 8.90. The standard InChI is InChI=1S/C20H13FN2O3S/c1-2-9-23-15-8-7-13(21)11-17(15)27-20(23)22-18(24)14-10-12-5-3-4-6-16(12)26-19(14)25/h2-8,10-11H,1,9H2. The highest BCUT2D eigenvalue weighted by molar-refractivity contribution is 7.16. The van der Waals surface area contributed by atoms with E-state index in [0.717, 1.165) is 5.52 Å². The van der Waals surface area contributed by atoms with Gasteiger partial charge in [-0.15, -0.1) is 6.58 Å². The molecule has 0 spiro atoms. The van der Waals surface area contributed by atoms with E-state index in [0.29, 0.717) is 27.0 Å². The van der Waals surface area contributed by atoms with E-state index in [-0.39, 0.29) is 11.4 Å². The summed E-state index contributed by atoms with van der Waals surface area (Å²) in [6.45, 7) is 4.10. The second-order valence-electron chi connectivity index (χ2n) is 5.80. The van der Waals surface area contributed by atoms with Crippen LogP contribution in [0, 0.1) is 5.82 Å². The lowest BCUT2D eigenvalue weighted by atomic mass is 10.2. The lowest BCUT2D eigenvalue weighted by Gasteiger charge is -2.01. The van der Waals surface area contributed by atoms with Gasteiger partial charge in [0.2, 0.25) is 0 Å². The van der Waals surface area contributed by atoms with Gasteiger partial charge in [-0.2, -0.15) is 4.99 Å². The van der Waals surface area contributed by atoms with Crippen LogP contribution >= 0.6 is 11.3 Å². The minimum Gasteiger partial charge on any atom is -0.422 e. The number of nitrogens with zero attached hydrogens (tertiary/aromatic N) is 2. The normalized spacial score (nSPS) is 12.0. The Kier molecular flexibility index (Phi) is 4.29. The average Bonchev–Trinajstić information content (AvgIpc) is 2.97. The van der Waals surface area contributed by atoms with Crippen molar-refractivity contribution in [2.75, 3.05) is 0 Å². The first-order valence-electron chi connectivity index (χ1n) is 8.08. The van der Waals surface area contributed by atoms with Crippen LogP contribution < -0.4 is 10.4 Å². The fourth-order valence-electron chi connectivity index (χ4n) is 2.80. The van der Waals surface area contributed by atoms with E-state index >= 15 is 0 Å². The molecule has 0 unspecified atom stereocenters. The van der Waals surface area contributed by atoms with Gasteiger partial charge in [-0.1, -0.05) is 35.6 Å². The summed E-state index contributed by atoms with van der Waals surface area (Å²) >= 11 is 1.17. The molecule has 27 heavy (non-hydrogen) atoms. The number of amides is 1. The van der Waals surface area contributed by atoms with Crippen LogP contribution in [-0.2, 0) is 6.54 Å². The number of carbonyl (C=O) groups is 1. The minimum atomic E-state index is -0.745. The molecular weight excluding hydrogens is 367 g/mol. The monoisotopic (exact) mass is 380 g/mol. The molecule has 0 bridgehead atoms. The van der Waals surface area contributed by atoms with Crippen LogP contribution in [0.4, 0.5) is 4.39 Å². The Balaban J connectivity index is 1.89. The third-order valence-corrected chi connectivity index (χ3v) is 5.07. The van der Waals surface area contributed by atoms with Crippen molar-refractivity contribution in [1.82, 2.24) is 4.57 Å². The van der Waals surface area contributed by atoms with Crippen LogP contribution in [0.5, 0.6) is 0 Å². The van der Waals surface area contributed by atoms with Gasteiger partial charge in [-0.25, -0.2) is 9.18 Å². The van der Waals surface area contributed by atoms with Crippen LogP contribution in [0.15, 0.2) is 75.4 Å². The number of fused-ring (bicyclic) bond motifs is 2. The summed E-state index contributed by atoms with van der Waals surface area (Å²) in [6, 6.07) is 12.7. The van der Waals surface area contributed by atoms with Crippen molar-refractivity contribution in [3.8, 4) is 0 Å². The van der Waals surface area contributed by atoms with Gasteiger partial charge in [-0.3, -0.25) is 4.79 Å². The number of para-hydroxylation sites is 1. The molecule has 4 rings (SSSR count). The molecule has 4 aromatic rings. The number of rotatable bonds is 3. The summed E-state index contributed by atoms with van der Waals surface area (Å²) in [5.74, 6) is -1.08. The molecule has 1 amide bonds. The fourth-order valence-corrected chi connectivity index (χ4v) is 3.86. The molecule has 0 N–H and O–H groups in total. The summed E-state index contributed by atoms with van der Waals surface area (Å²) in [4.78, 5) is 29.3. The lowest BCUT2D eigenvalue weighted by Crippen LogP contribution is -2.19. The van der Waals surface area contributed by atoms with Crippen LogP contribution in [0.2, 0.25) is 0 Å². The van der Waals surface area contributed by atoms with E-state index in [2.05, 4.69) is 11.6 Å². The van der Waals surface area contributed by atoms with Gasteiger partial charge in [-0.05, 0) is 30.3 Å². The molecule has 0 radical (unpaired) electrons. The fraction of sp³-hybridized carbons (Fsp3) is 0.0500. The van der Waals surface area contributed by atoms with Crippen LogP contribution in [-0.4, -0.2) is 10.5 Å². The van der Waals surface area contributed by atoms with Gasteiger partial charge < -0.3 is 8.98 Å². The van der Waals surface area contributed by atoms with Crippen molar-refractivity contribution in [1.29, 1.82) is 0 Å². The van der Waals surface area contributed by atoms with Crippen molar-refractivity contribution in [2.24, 2.45) is 4.99 Å². The number of hydrogen-bond acceptors (Lipinski definition) is 4. The summed E-state index contributed by atoms with van der Waals surface area (Å²) in [5, 5.41) is 0.632. The Labute approximate surface area is 156 Å². The van der Waals surface area contributed by atoms with Gasteiger partial charge in [0.25, 0.3) is 5.91 Å². The molecule has 2 aromatic carbocycles. The molecule has 0 aliphatic carbocycles. The molecule has 2 aromatic heterocycles. The van der Waals surface area contributed by atoms with Crippen molar-refractivity contribution < 1.29 is 13.6 Å². The van der Waals surface area contributed by atoms with E-state index in [4.69, 9.17) is 4.42 Å². The topological polar surface area (TPSA) is 64.6 Å². The number of hydrogen-bond donors (Lipinski definition) is 0. The molecule has 0 fully saturated rings. The van der Waals surface area contributed by atoms with Crippen molar-refractivity contribution in [3.05, 3.63) is 87.8 Å². The highest BCUT2D eigenvalue weighted by Crippen LogP contribution is 2.19. The quantitative estimate of drug-likeness (QED) is 0.400. The summed E-state index contributed by atoms with van der Waals surface area (Å²) in [5.41, 5.74) is 0.240. The Morgan fingerprint density at radius 2 is 2.07 bits per heavy atom. The zero-order valence-corrected chi connectivity index (χ0v) is 14.8. The predicted molar refractivity (Wildman–Crippen MR) is 102 cm³/mol. The maximum atomic E-state index is 13.5. The summed E-state index contributed by atoms with van der Waals surface area (Å²) < 4.78 is 21.1. The van der Waals surface area contributed by atoms with Crippen molar-refractivity contribution in [3.63, 3.8) is 0 Å². The van der Waals surface area contributed by atoms with Gasteiger partial charge in [0.05, 0.1) is 10.2 Å². The minimum absolute atomic E-state index is 0.150. The zero-order valence-electron chi connectivity index (χ0n) is 14.0. The highest BCUT2D eigenvalue weighted by atomic mass is 32.1. The van der Waals surface area contributed by atoms with E-state index in [1.54, 1.807) is 41.0 Å². The number of benzene rings is 2. The molecule has 0 aliphatic heterocycles. The number of halogens is 1. The van der Waals surface area contributed by atoms with Gasteiger partial charge in [0, 0.05) is 11.9 Å². The van der Waals surface area contributed by atoms with Crippen molar-refractivity contribution in [2.45, 2.75) is 6.54 Å². The second-order valence-corrected chi connectivity index (χ2v) is 6.81. The SMILES string of the molecule is C=CCn1c(=NC(=O)c2cc3ccccc3oc2=O)sc2cc(F)ccc21. The Morgan fingerprint density at radius 1 is 1.26 bits per heavy atom. The largest absolute Gasteiger partial charge is 0.422 e. The Bertz CT molecular complexity index is 1330. The van der Waals surface area contributed by atoms with Crippen LogP contribution in [0.1, 0.15) is 10.4 Å². The van der Waals surface area contributed by atoms with E-state index in [1.807, 2.05) is 0 Å². The zero-order chi connectivity index (χ0) is 19.0. The molecule has 5 nitrogen and oxygen atoms in total. The summed E-state index contributed by atoms with van der Waals surface area (Å²) in [6.07, 6.45) is 1.66. The molecule has 2 heterocycles. The Hall–Kier alpha value is -3.32. The average molecular weight is 380 g/mol. The van der Waals surface area contributed by atoms with E-state index in [1.165, 1.54) is 29.5 Å². The molecule has 0 saturated carbocycles. The molecule has 7 heteroatoms. The van der Waals surface area contributed by atoms with Gasteiger partial charge in [0.15, 0.2) is 4.80 Å². The molecule has 134 valence electrons. The third-order valence-electron chi connectivity index (χ3n) is 4.03. The first-order chi connectivity index (χ1) is 13.1.